The molecule has 7 heteroatoms. The van der Waals surface area contributed by atoms with Crippen molar-refractivity contribution in [1.29, 1.82) is 0 Å². The number of alkyl halides is 3. The molecular weight excluding hydrogens is 329 g/mol. The van der Waals surface area contributed by atoms with Crippen LogP contribution in [0.25, 0.3) is 11.3 Å². The Balaban J connectivity index is 1.84. The zero-order valence-electron chi connectivity index (χ0n) is 11.5. The summed E-state index contributed by atoms with van der Waals surface area (Å²) in [5.74, 6) is 0. The predicted molar refractivity (Wildman–Crippen MR) is 82.2 cm³/mol. The number of thiazole rings is 2. The second-order valence-electron chi connectivity index (χ2n) is 4.74. The fraction of sp³-hybridized carbons (Fsp3) is 0.200. The van der Waals surface area contributed by atoms with Gasteiger partial charge in [0, 0.05) is 22.7 Å². The number of benzene rings is 1. The molecular formula is C15H11F3N2S2. The molecule has 0 aliphatic carbocycles. The lowest BCUT2D eigenvalue weighted by Crippen LogP contribution is -2.04. The lowest BCUT2D eigenvalue weighted by molar-refractivity contribution is -0.137. The van der Waals surface area contributed by atoms with Gasteiger partial charge in [-0.2, -0.15) is 13.2 Å². The second-order valence-corrected chi connectivity index (χ2v) is 6.74. The minimum Gasteiger partial charge on any atom is -0.246 e. The van der Waals surface area contributed by atoms with Crippen molar-refractivity contribution in [3.05, 3.63) is 56.3 Å². The molecule has 0 spiro atoms. The largest absolute Gasteiger partial charge is 0.416 e. The van der Waals surface area contributed by atoms with E-state index in [9.17, 15) is 13.2 Å². The Morgan fingerprint density at radius 2 is 1.91 bits per heavy atom. The van der Waals surface area contributed by atoms with Gasteiger partial charge in [-0.1, -0.05) is 12.1 Å². The smallest absolute Gasteiger partial charge is 0.246 e. The van der Waals surface area contributed by atoms with E-state index in [4.69, 9.17) is 0 Å². The molecule has 2 heterocycles. The number of aryl methyl sites for hydroxylation is 1. The normalized spacial score (nSPS) is 11.8. The highest BCUT2D eigenvalue weighted by Gasteiger charge is 2.30. The summed E-state index contributed by atoms with van der Waals surface area (Å²) >= 11 is 3.01. The summed E-state index contributed by atoms with van der Waals surface area (Å²) in [6.45, 7) is 1.93. The highest BCUT2D eigenvalue weighted by atomic mass is 32.1. The molecule has 1 aromatic carbocycles. The fourth-order valence-electron chi connectivity index (χ4n) is 2.02. The molecule has 0 aliphatic heterocycles. The lowest BCUT2D eigenvalue weighted by Gasteiger charge is -2.07. The van der Waals surface area contributed by atoms with Gasteiger partial charge in [-0.05, 0) is 19.1 Å². The van der Waals surface area contributed by atoms with Crippen molar-refractivity contribution >= 4 is 22.7 Å². The van der Waals surface area contributed by atoms with E-state index in [-0.39, 0.29) is 0 Å². The fourth-order valence-corrected chi connectivity index (χ4v) is 3.46. The van der Waals surface area contributed by atoms with Gasteiger partial charge in [0.05, 0.1) is 27.0 Å². The Hall–Kier alpha value is -1.73. The number of halogens is 3. The van der Waals surface area contributed by atoms with Crippen LogP contribution in [-0.2, 0) is 12.6 Å². The molecule has 2 nitrogen and oxygen atoms in total. The maximum Gasteiger partial charge on any atom is 0.416 e. The van der Waals surface area contributed by atoms with Gasteiger partial charge in [-0.3, -0.25) is 0 Å². The van der Waals surface area contributed by atoms with Crippen LogP contribution in [0.2, 0.25) is 0 Å². The number of rotatable bonds is 3. The lowest BCUT2D eigenvalue weighted by atomic mass is 10.1. The van der Waals surface area contributed by atoms with Crippen LogP contribution >= 0.6 is 22.7 Å². The first kappa shape index (κ1) is 15.2. The third-order valence-electron chi connectivity index (χ3n) is 3.04. The van der Waals surface area contributed by atoms with Gasteiger partial charge < -0.3 is 0 Å². The molecule has 0 aliphatic rings. The van der Waals surface area contributed by atoms with Gasteiger partial charge in [0.15, 0.2) is 0 Å². The molecule has 0 unspecified atom stereocenters. The molecule has 3 rings (SSSR count). The average molecular weight is 340 g/mol. The van der Waals surface area contributed by atoms with Crippen LogP contribution in [0.5, 0.6) is 0 Å². The van der Waals surface area contributed by atoms with E-state index < -0.39 is 11.7 Å². The highest BCUT2D eigenvalue weighted by Crippen LogP contribution is 2.32. The molecule has 0 fully saturated rings. The summed E-state index contributed by atoms with van der Waals surface area (Å²) in [4.78, 5) is 8.79. The monoisotopic (exact) mass is 340 g/mol. The quantitative estimate of drug-likeness (QED) is 0.656. The minimum absolute atomic E-state index is 0.479. The predicted octanol–water partition coefficient (Wildman–Crippen LogP) is 5.18. The molecule has 2 aromatic heterocycles. The summed E-state index contributed by atoms with van der Waals surface area (Å²) in [7, 11) is 0. The van der Waals surface area contributed by atoms with Gasteiger partial charge >= 0.3 is 6.18 Å². The first-order valence-corrected chi connectivity index (χ1v) is 8.21. The molecule has 3 aromatic rings. The van der Waals surface area contributed by atoms with Gasteiger partial charge in [-0.25, -0.2) is 9.97 Å². The van der Waals surface area contributed by atoms with Crippen molar-refractivity contribution in [3.8, 4) is 11.3 Å². The molecule has 0 amide bonds. The third kappa shape index (κ3) is 3.36. The third-order valence-corrected chi connectivity index (χ3v) is 4.71. The average Bonchev–Trinajstić information content (AvgIpc) is 3.08. The number of hydrogen-bond donors (Lipinski definition) is 0. The molecule has 0 N–H and O–H groups in total. The van der Waals surface area contributed by atoms with Crippen LogP contribution in [0.3, 0.4) is 0 Å². The Bertz CT molecular complexity index is 790. The van der Waals surface area contributed by atoms with Crippen molar-refractivity contribution in [1.82, 2.24) is 9.97 Å². The number of aromatic nitrogens is 2. The Morgan fingerprint density at radius 1 is 1.09 bits per heavy atom. The molecule has 0 radical (unpaired) electrons. The topological polar surface area (TPSA) is 25.8 Å². The van der Waals surface area contributed by atoms with Gasteiger partial charge in [-0.15, -0.1) is 22.7 Å². The molecule has 0 atom stereocenters. The Morgan fingerprint density at radius 3 is 2.59 bits per heavy atom. The van der Waals surface area contributed by atoms with Gasteiger partial charge in [0.25, 0.3) is 0 Å². The van der Waals surface area contributed by atoms with Crippen molar-refractivity contribution in [3.63, 3.8) is 0 Å². The number of nitrogens with zero attached hydrogens (tertiary/aromatic N) is 2. The van der Waals surface area contributed by atoms with E-state index in [1.807, 2.05) is 12.3 Å². The second kappa shape index (κ2) is 5.81. The minimum atomic E-state index is -4.34. The summed E-state index contributed by atoms with van der Waals surface area (Å²) in [5.41, 5.74) is 1.33. The summed E-state index contributed by atoms with van der Waals surface area (Å²) in [5, 5.41) is 5.59. The number of hydrogen-bond acceptors (Lipinski definition) is 4. The van der Waals surface area contributed by atoms with Crippen LogP contribution in [0.1, 0.15) is 21.3 Å². The maximum atomic E-state index is 12.8. The highest BCUT2D eigenvalue weighted by molar-refractivity contribution is 7.10. The SMILES string of the molecule is Cc1nc(Cc2nc(-c3cccc(C(F)(F)F)c3)cs2)cs1. The van der Waals surface area contributed by atoms with E-state index in [1.165, 1.54) is 17.4 Å². The van der Waals surface area contributed by atoms with E-state index in [1.54, 1.807) is 22.8 Å². The van der Waals surface area contributed by atoms with Crippen molar-refractivity contribution < 1.29 is 13.2 Å². The van der Waals surface area contributed by atoms with Crippen LogP contribution in [0.15, 0.2) is 35.0 Å². The molecule has 0 saturated carbocycles. The van der Waals surface area contributed by atoms with E-state index in [2.05, 4.69) is 9.97 Å². The Labute approximate surface area is 133 Å². The van der Waals surface area contributed by atoms with E-state index in [0.29, 0.717) is 17.7 Å². The first-order valence-electron chi connectivity index (χ1n) is 6.45. The molecule has 0 saturated heterocycles. The summed E-state index contributed by atoms with van der Waals surface area (Å²) in [6, 6.07) is 5.24. The van der Waals surface area contributed by atoms with Crippen LogP contribution in [0.4, 0.5) is 13.2 Å². The van der Waals surface area contributed by atoms with Crippen LogP contribution in [0, 0.1) is 6.92 Å². The maximum absolute atomic E-state index is 12.8. The molecule has 22 heavy (non-hydrogen) atoms. The van der Waals surface area contributed by atoms with Crippen LogP contribution in [-0.4, -0.2) is 9.97 Å². The van der Waals surface area contributed by atoms with Gasteiger partial charge in [0.1, 0.15) is 0 Å². The Kier molecular flexibility index (Phi) is 4.01. The zero-order valence-corrected chi connectivity index (χ0v) is 13.1. The molecule has 0 bridgehead atoms. The van der Waals surface area contributed by atoms with Gasteiger partial charge in [0.2, 0.25) is 0 Å². The van der Waals surface area contributed by atoms with Crippen molar-refractivity contribution in [2.75, 3.05) is 0 Å². The molecule has 114 valence electrons. The van der Waals surface area contributed by atoms with Crippen LogP contribution < -0.4 is 0 Å². The van der Waals surface area contributed by atoms with Crippen molar-refractivity contribution in [2.24, 2.45) is 0 Å². The first-order chi connectivity index (χ1) is 10.4. The standard InChI is InChI=1S/C15H11F3N2S2/c1-9-19-12(7-21-9)6-14-20-13(8-22-14)10-3-2-4-11(5-10)15(16,17)18/h2-5,7-8H,6H2,1H3. The van der Waals surface area contributed by atoms with Crippen molar-refractivity contribution in [2.45, 2.75) is 19.5 Å². The summed E-state index contributed by atoms with van der Waals surface area (Å²) < 4.78 is 38.3. The van der Waals surface area contributed by atoms with E-state index >= 15 is 0 Å². The summed E-state index contributed by atoms with van der Waals surface area (Å²) in [6.07, 6.45) is -3.74. The van der Waals surface area contributed by atoms with E-state index in [0.717, 1.165) is 27.8 Å². The zero-order chi connectivity index (χ0) is 15.7.